The molecule has 0 saturated carbocycles. The van der Waals surface area contributed by atoms with E-state index in [1.54, 1.807) is 44.2 Å². The number of sulfonamides is 1. The van der Waals surface area contributed by atoms with Gasteiger partial charge in [0.05, 0.1) is 24.1 Å². The number of esters is 1. The molecule has 1 amide bonds. The number of hydrogen-bond acceptors (Lipinski definition) is 5. The fraction of sp³-hybridized carbons (Fsp3) is 0.300. The monoisotopic (exact) mass is 438 g/mol. The molecule has 9 heteroatoms. The van der Waals surface area contributed by atoms with Crippen molar-refractivity contribution in [1.82, 2.24) is 0 Å². The van der Waals surface area contributed by atoms with Crippen LogP contribution in [-0.4, -0.2) is 39.2 Å². The summed E-state index contributed by atoms with van der Waals surface area (Å²) in [5, 5.41) is 3.01. The van der Waals surface area contributed by atoms with Crippen molar-refractivity contribution < 1.29 is 22.7 Å². The van der Waals surface area contributed by atoms with Gasteiger partial charge in [0.25, 0.3) is 0 Å². The van der Waals surface area contributed by atoms with Crippen LogP contribution < -0.4 is 9.62 Å². The first kappa shape index (κ1) is 22.7. The second-order valence-electron chi connectivity index (χ2n) is 6.46. The Hall–Kier alpha value is -2.58. The van der Waals surface area contributed by atoms with Gasteiger partial charge in [0.2, 0.25) is 15.9 Å². The van der Waals surface area contributed by atoms with Crippen molar-refractivity contribution in [2.24, 2.45) is 0 Å². The van der Waals surface area contributed by atoms with Crippen LogP contribution in [0.4, 0.5) is 11.4 Å². The summed E-state index contributed by atoms with van der Waals surface area (Å²) in [5.41, 5.74) is 1.61. The number of amides is 1. The number of aryl methyl sites for hydroxylation is 1. The van der Waals surface area contributed by atoms with Crippen molar-refractivity contribution in [3.8, 4) is 0 Å². The number of rotatable bonds is 7. The second kappa shape index (κ2) is 9.28. The first-order chi connectivity index (χ1) is 13.5. The molecule has 0 heterocycles. The van der Waals surface area contributed by atoms with Crippen molar-refractivity contribution in [3.63, 3.8) is 0 Å². The van der Waals surface area contributed by atoms with Gasteiger partial charge in [-0.05, 0) is 56.7 Å². The van der Waals surface area contributed by atoms with Gasteiger partial charge >= 0.3 is 5.97 Å². The third kappa shape index (κ3) is 5.71. The van der Waals surface area contributed by atoms with Crippen LogP contribution in [0.2, 0.25) is 5.02 Å². The van der Waals surface area contributed by atoms with Gasteiger partial charge in [-0.15, -0.1) is 0 Å². The molecule has 0 aliphatic carbocycles. The van der Waals surface area contributed by atoms with E-state index in [0.29, 0.717) is 22.0 Å². The maximum Gasteiger partial charge on any atom is 0.338 e. The van der Waals surface area contributed by atoms with Gasteiger partial charge in [-0.25, -0.2) is 13.2 Å². The summed E-state index contributed by atoms with van der Waals surface area (Å²) < 4.78 is 30.9. The predicted molar refractivity (Wildman–Crippen MR) is 114 cm³/mol. The number of benzene rings is 2. The molecule has 0 aliphatic rings. The van der Waals surface area contributed by atoms with Gasteiger partial charge in [0.15, 0.2) is 0 Å². The van der Waals surface area contributed by atoms with Gasteiger partial charge in [0, 0.05) is 10.7 Å². The first-order valence-electron chi connectivity index (χ1n) is 8.88. The molecule has 1 N–H and O–H groups in total. The van der Waals surface area contributed by atoms with E-state index >= 15 is 0 Å². The molecule has 0 saturated heterocycles. The zero-order valence-electron chi connectivity index (χ0n) is 16.6. The SMILES string of the molecule is CCOC(=O)c1cccc(NC(=O)[C@@H](C)N(c2cc(Cl)ccc2C)S(C)(=O)=O)c1. The quantitative estimate of drug-likeness (QED) is 0.666. The standard InChI is InChI=1S/C20H23ClN2O5S/c1-5-28-20(25)15-7-6-8-17(11-15)22-19(24)14(3)23(29(4,26)27)18-12-16(21)10-9-13(18)2/h6-12,14H,5H2,1-4H3,(H,22,24)/t14-/m1/s1. The van der Waals surface area contributed by atoms with Crippen molar-refractivity contribution in [2.75, 3.05) is 22.5 Å². The van der Waals surface area contributed by atoms with Crippen LogP contribution in [0, 0.1) is 6.92 Å². The number of carbonyl (C=O) groups excluding carboxylic acids is 2. The second-order valence-corrected chi connectivity index (χ2v) is 8.75. The van der Waals surface area contributed by atoms with Gasteiger partial charge in [-0.3, -0.25) is 9.10 Å². The van der Waals surface area contributed by atoms with E-state index in [1.807, 2.05) is 0 Å². The molecule has 0 aliphatic heterocycles. The number of nitrogens with one attached hydrogen (secondary N) is 1. The third-order valence-electron chi connectivity index (χ3n) is 4.14. The summed E-state index contributed by atoms with van der Waals surface area (Å²) in [4.78, 5) is 24.7. The summed E-state index contributed by atoms with van der Waals surface area (Å²) in [5.74, 6) is -1.07. The van der Waals surface area contributed by atoms with Crippen LogP contribution in [0.15, 0.2) is 42.5 Å². The number of nitrogens with zero attached hydrogens (tertiary/aromatic N) is 1. The van der Waals surface area contributed by atoms with Crippen LogP contribution in [0.3, 0.4) is 0 Å². The molecular formula is C20H23ClN2O5S. The zero-order chi connectivity index (χ0) is 21.8. The third-order valence-corrected chi connectivity index (χ3v) is 5.60. The maximum absolute atomic E-state index is 12.8. The normalized spacial score (nSPS) is 12.2. The lowest BCUT2D eigenvalue weighted by Crippen LogP contribution is -2.45. The Kier molecular flexibility index (Phi) is 7.26. The Morgan fingerprint density at radius 2 is 1.90 bits per heavy atom. The van der Waals surface area contributed by atoms with Gasteiger partial charge in [-0.2, -0.15) is 0 Å². The largest absolute Gasteiger partial charge is 0.462 e. The highest BCUT2D eigenvalue weighted by Gasteiger charge is 2.30. The minimum atomic E-state index is -3.78. The highest BCUT2D eigenvalue weighted by Crippen LogP contribution is 2.28. The number of ether oxygens (including phenoxy) is 1. The van der Waals surface area contributed by atoms with Crippen LogP contribution in [0.5, 0.6) is 0 Å². The van der Waals surface area contributed by atoms with Crippen molar-refractivity contribution in [3.05, 3.63) is 58.6 Å². The summed E-state index contributed by atoms with van der Waals surface area (Å²) in [6.07, 6.45) is 1.03. The van der Waals surface area contributed by atoms with E-state index < -0.39 is 27.9 Å². The Morgan fingerprint density at radius 3 is 2.52 bits per heavy atom. The molecule has 29 heavy (non-hydrogen) atoms. The number of anilines is 2. The fourth-order valence-electron chi connectivity index (χ4n) is 2.79. The lowest BCUT2D eigenvalue weighted by atomic mass is 10.1. The van der Waals surface area contributed by atoms with Crippen LogP contribution in [0.1, 0.15) is 29.8 Å². The molecule has 1 atom stereocenters. The van der Waals surface area contributed by atoms with Crippen molar-refractivity contribution in [2.45, 2.75) is 26.8 Å². The molecule has 2 aromatic rings. The highest BCUT2D eigenvalue weighted by molar-refractivity contribution is 7.92. The molecular weight excluding hydrogens is 416 g/mol. The maximum atomic E-state index is 12.8. The molecule has 0 radical (unpaired) electrons. The molecule has 0 bridgehead atoms. The van der Waals surface area contributed by atoms with Crippen molar-refractivity contribution >= 4 is 44.9 Å². The molecule has 156 valence electrons. The van der Waals surface area contributed by atoms with Gasteiger partial charge in [0.1, 0.15) is 6.04 Å². The molecule has 2 rings (SSSR count). The zero-order valence-corrected chi connectivity index (χ0v) is 18.2. The summed E-state index contributed by atoms with van der Waals surface area (Å²) in [6.45, 7) is 5.14. The number of hydrogen-bond donors (Lipinski definition) is 1. The molecule has 0 spiro atoms. The Morgan fingerprint density at radius 1 is 1.21 bits per heavy atom. The van der Waals surface area contributed by atoms with E-state index in [-0.39, 0.29) is 12.2 Å². The highest BCUT2D eigenvalue weighted by atomic mass is 35.5. The Labute approximate surface area is 175 Å². The minimum absolute atomic E-state index is 0.231. The topological polar surface area (TPSA) is 92.8 Å². The van der Waals surface area contributed by atoms with E-state index in [0.717, 1.165) is 10.6 Å². The van der Waals surface area contributed by atoms with E-state index in [4.69, 9.17) is 16.3 Å². The summed E-state index contributed by atoms with van der Waals surface area (Å²) in [7, 11) is -3.78. The lowest BCUT2D eigenvalue weighted by Gasteiger charge is -2.29. The smallest absolute Gasteiger partial charge is 0.338 e. The molecule has 0 fully saturated rings. The Balaban J connectivity index is 2.32. The fourth-order valence-corrected chi connectivity index (χ4v) is 4.18. The van der Waals surface area contributed by atoms with E-state index in [9.17, 15) is 18.0 Å². The lowest BCUT2D eigenvalue weighted by molar-refractivity contribution is -0.116. The van der Waals surface area contributed by atoms with Gasteiger partial charge < -0.3 is 10.1 Å². The average molecular weight is 439 g/mol. The van der Waals surface area contributed by atoms with Gasteiger partial charge in [-0.1, -0.05) is 23.7 Å². The molecule has 0 unspecified atom stereocenters. The average Bonchev–Trinajstić information content (AvgIpc) is 2.64. The summed E-state index contributed by atoms with van der Waals surface area (Å²) >= 11 is 6.03. The minimum Gasteiger partial charge on any atom is -0.462 e. The van der Waals surface area contributed by atoms with Crippen LogP contribution in [0.25, 0.3) is 0 Å². The number of carbonyl (C=O) groups is 2. The summed E-state index contributed by atoms with van der Waals surface area (Å²) in [6, 6.07) is 10.0. The van der Waals surface area contributed by atoms with E-state index in [2.05, 4.69) is 5.32 Å². The molecule has 2 aromatic carbocycles. The number of halogens is 1. The Bertz CT molecular complexity index is 1020. The predicted octanol–water partition coefficient (Wildman–Crippen LogP) is 3.62. The van der Waals surface area contributed by atoms with Crippen molar-refractivity contribution in [1.29, 1.82) is 0 Å². The van der Waals surface area contributed by atoms with Crippen LogP contribution >= 0.6 is 11.6 Å². The molecule has 7 nitrogen and oxygen atoms in total. The van der Waals surface area contributed by atoms with E-state index in [1.165, 1.54) is 19.1 Å². The van der Waals surface area contributed by atoms with Crippen LogP contribution in [-0.2, 0) is 19.6 Å². The molecule has 0 aromatic heterocycles. The first-order valence-corrected chi connectivity index (χ1v) is 11.1.